The molecule has 3 nitrogen and oxygen atoms in total. The molecule has 0 radical (unpaired) electrons. The predicted octanol–water partition coefficient (Wildman–Crippen LogP) is 3.16. The second-order valence-corrected chi connectivity index (χ2v) is 6.54. The van der Waals surface area contributed by atoms with Gasteiger partial charge in [-0.1, -0.05) is 20.8 Å². The lowest BCUT2D eigenvalue weighted by atomic mass is 9.96. The van der Waals surface area contributed by atoms with Gasteiger partial charge in [0.25, 0.3) is 5.91 Å². The number of phenols is 1. The fraction of sp³-hybridized carbons (Fsp3) is 0.462. The first kappa shape index (κ1) is 12.4. The number of fused-ring (bicyclic) bond motifs is 1. The van der Waals surface area contributed by atoms with Crippen molar-refractivity contribution < 1.29 is 9.90 Å². The van der Waals surface area contributed by atoms with Crippen molar-refractivity contribution in [3.63, 3.8) is 0 Å². The number of aromatic hydroxyl groups is 1. The molecule has 1 aliphatic rings. The Morgan fingerprint density at radius 3 is 2.65 bits per heavy atom. The van der Waals surface area contributed by atoms with Crippen LogP contribution in [-0.4, -0.2) is 22.5 Å². The van der Waals surface area contributed by atoms with E-state index < -0.39 is 0 Å². The summed E-state index contributed by atoms with van der Waals surface area (Å²) in [4.78, 5) is 14.0. The van der Waals surface area contributed by atoms with E-state index >= 15 is 0 Å². The third kappa shape index (κ3) is 2.46. The molecule has 0 saturated carbocycles. The van der Waals surface area contributed by atoms with Gasteiger partial charge < -0.3 is 10.0 Å². The molecule has 2 rings (SSSR count). The molecule has 4 heteroatoms. The molecule has 0 atom stereocenters. The highest BCUT2D eigenvalue weighted by Crippen LogP contribution is 2.33. The lowest BCUT2D eigenvalue weighted by Gasteiger charge is -2.26. The molecule has 0 aromatic heterocycles. The average Bonchev–Trinajstić information content (AvgIpc) is 2.43. The number of phenolic OH excluding ortho intramolecular Hbond substituents is 1. The largest absolute Gasteiger partial charge is 0.507 e. The summed E-state index contributed by atoms with van der Waals surface area (Å²) in [5, 5.41) is 9.60. The molecule has 0 aliphatic carbocycles. The van der Waals surface area contributed by atoms with Gasteiger partial charge in [0.1, 0.15) is 5.75 Å². The first-order chi connectivity index (χ1) is 7.78. The number of rotatable bonds is 1. The molecule has 17 heavy (non-hydrogen) atoms. The van der Waals surface area contributed by atoms with Gasteiger partial charge in [-0.3, -0.25) is 4.79 Å². The van der Waals surface area contributed by atoms with Crippen LogP contribution in [0, 0.1) is 5.41 Å². The zero-order valence-corrected chi connectivity index (χ0v) is 11.8. The summed E-state index contributed by atoms with van der Waals surface area (Å²) in [5.41, 5.74) is 1.68. The van der Waals surface area contributed by atoms with Gasteiger partial charge in [0.05, 0.1) is 4.47 Å². The minimum Gasteiger partial charge on any atom is -0.507 e. The third-order valence-corrected chi connectivity index (χ3v) is 3.35. The van der Waals surface area contributed by atoms with Crippen LogP contribution in [0.4, 0.5) is 0 Å². The molecule has 1 aromatic rings. The molecule has 0 spiro atoms. The summed E-state index contributed by atoms with van der Waals surface area (Å²) in [6, 6.07) is 3.37. The maximum atomic E-state index is 12.1. The molecule has 0 fully saturated rings. The molecule has 1 heterocycles. The minimum absolute atomic E-state index is 0.0118. The number of halogens is 1. The topological polar surface area (TPSA) is 40.5 Å². The van der Waals surface area contributed by atoms with Crippen molar-refractivity contribution in [1.82, 2.24) is 4.90 Å². The lowest BCUT2D eigenvalue weighted by molar-refractivity contribution is 0.0720. The highest BCUT2D eigenvalue weighted by Gasteiger charge is 2.30. The number of amides is 1. The Morgan fingerprint density at radius 2 is 2.06 bits per heavy atom. The van der Waals surface area contributed by atoms with E-state index in [1.54, 1.807) is 6.07 Å². The van der Waals surface area contributed by atoms with Crippen LogP contribution in [0.3, 0.4) is 0 Å². The van der Waals surface area contributed by atoms with Crippen LogP contribution in [0.5, 0.6) is 5.75 Å². The summed E-state index contributed by atoms with van der Waals surface area (Å²) in [6.07, 6.45) is 0. The SMILES string of the molecule is CC(C)(C)CN1Cc2cc(Br)c(O)cc2C1=O. The molecule has 0 unspecified atom stereocenters. The molecule has 1 aromatic carbocycles. The molecule has 1 aliphatic heterocycles. The zero-order valence-electron chi connectivity index (χ0n) is 10.2. The third-order valence-electron chi connectivity index (χ3n) is 2.72. The first-order valence-corrected chi connectivity index (χ1v) is 6.38. The fourth-order valence-electron chi connectivity index (χ4n) is 2.08. The van der Waals surface area contributed by atoms with Crippen LogP contribution in [0.15, 0.2) is 16.6 Å². The van der Waals surface area contributed by atoms with Crippen molar-refractivity contribution >= 4 is 21.8 Å². The normalized spacial score (nSPS) is 15.3. The van der Waals surface area contributed by atoms with Crippen molar-refractivity contribution in [1.29, 1.82) is 0 Å². The van der Waals surface area contributed by atoms with Gasteiger partial charge in [-0.2, -0.15) is 0 Å². The van der Waals surface area contributed by atoms with Gasteiger partial charge in [-0.05, 0) is 39.0 Å². The van der Waals surface area contributed by atoms with Crippen LogP contribution in [0.25, 0.3) is 0 Å². The summed E-state index contributed by atoms with van der Waals surface area (Å²) in [7, 11) is 0. The number of benzene rings is 1. The van der Waals surface area contributed by atoms with Crippen molar-refractivity contribution in [2.45, 2.75) is 27.3 Å². The molecule has 0 bridgehead atoms. The van der Waals surface area contributed by atoms with Gasteiger partial charge >= 0.3 is 0 Å². The highest BCUT2D eigenvalue weighted by atomic mass is 79.9. The molecule has 92 valence electrons. The zero-order chi connectivity index (χ0) is 12.8. The van der Waals surface area contributed by atoms with Crippen LogP contribution in [0.2, 0.25) is 0 Å². The Hall–Kier alpha value is -1.03. The molecule has 1 amide bonds. The second-order valence-electron chi connectivity index (χ2n) is 5.68. The summed E-state index contributed by atoms with van der Waals surface area (Å²) >= 11 is 3.27. The van der Waals surface area contributed by atoms with Gasteiger partial charge in [0.2, 0.25) is 0 Å². The average molecular weight is 298 g/mol. The number of carbonyl (C=O) groups excluding carboxylic acids is 1. The van der Waals surface area contributed by atoms with E-state index in [-0.39, 0.29) is 17.1 Å². The second kappa shape index (κ2) is 4.02. The van der Waals surface area contributed by atoms with Gasteiger partial charge in [-0.25, -0.2) is 0 Å². The smallest absolute Gasteiger partial charge is 0.254 e. The van der Waals surface area contributed by atoms with Crippen molar-refractivity contribution in [3.8, 4) is 5.75 Å². The van der Waals surface area contributed by atoms with Crippen LogP contribution >= 0.6 is 15.9 Å². The quantitative estimate of drug-likeness (QED) is 0.865. The van der Waals surface area contributed by atoms with Crippen LogP contribution in [-0.2, 0) is 6.54 Å². The Balaban J connectivity index is 2.30. The van der Waals surface area contributed by atoms with Gasteiger partial charge in [0, 0.05) is 18.7 Å². The van der Waals surface area contributed by atoms with Gasteiger partial charge in [-0.15, -0.1) is 0 Å². The Kier molecular flexibility index (Phi) is 2.94. The Labute approximate surface area is 110 Å². The maximum Gasteiger partial charge on any atom is 0.254 e. The predicted molar refractivity (Wildman–Crippen MR) is 70.0 cm³/mol. The van der Waals surface area contributed by atoms with E-state index in [9.17, 15) is 9.90 Å². The van der Waals surface area contributed by atoms with Gasteiger partial charge in [0.15, 0.2) is 0 Å². The number of hydrogen-bond donors (Lipinski definition) is 1. The summed E-state index contributed by atoms with van der Waals surface area (Å²) < 4.78 is 0.640. The van der Waals surface area contributed by atoms with E-state index in [4.69, 9.17) is 0 Å². The highest BCUT2D eigenvalue weighted by molar-refractivity contribution is 9.10. The molecule has 1 N–H and O–H groups in total. The number of nitrogens with zero attached hydrogens (tertiary/aromatic N) is 1. The minimum atomic E-state index is 0.0118. The monoisotopic (exact) mass is 297 g/mol. The first-order valence-electron chi connectivity index (χ1n) is 5.58. The number of hydrogen-bond acceptors (Lipinski definition) is 2. The van der Waals surface area contributed by atoms with E-state index in [1.165, 1.54) is 0 Å². The van der Waals surface area contributed by atoms with Crippen molar-refractivity contribution in [3.05, 3.63) is 27.7 Å². The Morgan fingerprint density at radius 1 is 1.41 bits per heavy atom. The van der Waals surface area contributed by atoms with Crippen LogP contribution < -0.4 is 0 Å². The molecule has 0 saturated heterocycles. The van der Waals surface area contributed by atoms with Crippen molar-refractivity contribution in [2.24, 2.45) is 5.41 Å². The standard InChI is InChI=1S/C13H16BrNO2/c1-13(2,3)7-15-6-8-4-10(14)11(16)5-9(8)12(15)17/h4-5,16H,6-7H2,1-3H3. The lowest BCUT2D eigenvalue weighted by Crippen LogP contribution is -2.32. The summed E-state index contributed by atoms with van der Waals surface area (Å²) in [5.74, 6) is 0.132. The van der Waals surface area contributed by atoms with Crippen molar-refractivity contribution in [2.75, 3.05) is 6.54 Å². The maximum absolute atomic E-state index is 12.1. The molecular formula is C13H16BrNO2. The number of carbonyl (C=O) groups is 1. The van der Waals surface area contributed by atoms with E-state index in [1.807, 2.05) is 11.0 Å². The summed E-state index contributed by atoms with van der Waals surface area (Å²) in [6.45, 7) is 7.67. The van der Waals surface area contributed by atoms with E-state index in [2.05, 4.69) is 36.7 Å². The Bertz CT molecular complexity index is 477. The fourth-order valence-corrected chi connectivity index (χ4v) is 2.47. The van der Waals surface area contributed by atoms with E-state index in [0.29, 0.717) is 16.6 Å². The van der Waals surface area contributed by atoms with Crippen LogP contribution in [0.1, 0.15) is 36.7 Å². The van der Waals surface area contributed by atoms with E-state index in [0.717, 1.165) is 12.1 Å². The molecular weight excluding hydrogens is 282 g/mol.